The zero-order valence-electron chi connectivity index (χ0n) is 27.6. The molecule has 0 aliphatic heterocycles. The number of esters is 4. The molecule has 0 spiro atoms. The fourth-order valence-corrected chi connectivity index (χ4v) is 4.09. The van der Waals surface area contributed by atoms with Gasteiger partial charge in [-0.3, -0.25) is 0 Å². The lowest BCUT2D eigenvalue weighted by Gasteiger charge is -2.15. The summed E-state index contributed by atoms with van der Waals surface area (Å²) in [5.41, 5.74) is 3.99. The van der Waals surface area contributed by atoms with Crippen LogP contribution in [0.1, 0.15) is 31.9 Å². The summed E-state index contributed by atoms with van der Waals surface area (Å²) in [6.45, 7) is 18.3. The molecule has 0 N–H and O–H groups in total. The molecule has 4 aromatic carbocycles. The summed E-state index contributed by atoms with van der Waals surface area (Å²) in [5.74, 6) is 2.22. The van der Waals surface area contributed by atoms with Crippen molar-refractivity contribution in [1.82, 2.24) is 0 Å². The molecule has 0 aliphatic carbocycles. The molecule has 0 aromatic heterocycles. The van der Waals surface area contributed by atoms with E-state index in [1.807, 2.05) is 24.3 Å². The summed E-state index contributed by atoms with van der Waals surface area (Å²) in [6, 6.07) is 23.2. The maximum atomic E-state index is 13.1. The van der Waals surface area contributed by atoms with Crippen molar-refractivity contribution in [3.05, 3.63) is 145 Å². The summed E-state index contributed by atoms with van der Waals surface area (Å²) in [5, 5.41) is 0. The van der Waals surface area contributed by atoms with Gasteiger partial charge in [0.25, 0.3) is 0 Å². The number of carbonyl (C=O) groups is 4. The molecule has 0 saturated heterocycles. The lowest BCUT2D eigenvalue weighted by Crippen LogP contribution is -2.12. The van der Waals surface area contributed by atoms with E-state index >= 15 is 0 Å². The molecular formula is C41H31FO8. The van der Waals surface area contributed by atoms with Crippen LogP contribution in [0.25, 0.3) is 22.3 Å². The number of hydrogen-bond acceptors (Lipinski definition) is 8. The summed E-state index contributed by atoms with van der Waals surface area (Å²) in [6.07, 6.45) is 0. The number of ether oxygens (including phenoxy) is 4. The first-order valence-corrected chi connectivity index (χ1v) is 14.9. The van der Waals surface area contributed by atoms with Crippen molar-refractivity contribution in [3.8, 4) is 57.1 Å². The Bertz CT molecular complexity index is 2110. The van der Waals surface area contributed by atoms with Crippen LogP contribution in [-0.2, 0) is 19.2 Å². The van der Waals surface area contributed by atoms with Gasteiger partial charge in [-0.15, -0.1) is 0 Å². The highest BCUT2D eigenvalue weighted by atomic mass is 19.1. The van der Waals surface area contributed by atoms with Gasteiger partial charge in [0, 0.05) is 33.9 Å². The summed E-state index contributed by atoms with van der Waals surface area (Å²) in [7, 11) is 0. The van der Waals surface area contributed by atoms with E-state index in [1.165, 1.54) is 50.2 Å². The molecule has 250 valence electrons. The molecule has 0 aliphatic rings. The van der Waals surface area contributed by atoms with Gasteiger partial charge in [0.05, 0.1) is 5.56 Å². The highest BCUT2D eigenvalue weighted by Crippen LogP contribution is 2.38. The minimum absolute atomic E-state index is 0.0431. The van der Waals surface area contributed by atoms with E-state index in [2.05, 4.69) is 38.2 Å². The molecule has 4 aromatic rings. The fraction of sp³-hybridized carbons (Fsp3) is 0.0732. The molecule has 0 fully saturated rings. The zero-order chi connectivity index (χ0) is 36.5. The van der Waals surface area contributed by atoms with Gasteiger partial charge in [-0.25, -0.2) is 19.2 Å². The Kier molecular flexibility index (Phi) is 11.4. The molecule has 0 amide bonds. The normalized spacial score (nSPS) is 10.1. The first-order chi connectivity index (χ1) is 23.7. The van der Waals surface area contributed by atoms with E-state index in [1.54, 1.807) is 31.2 Å². The molecule has 8 nitrogen and oxygen atoms in total. The van der Waals surface area contributed by atoms with Crippen LogP contribution in [0, 0.1) is 11.8 Å². The first-order valence-electron chi connectivity index (χ1n) is 14.9. The van der Waals surface area contributed by atoms with Crippen LogP contribution in [0.2, 0.25) is 0 Å². The van der Waals surface area contributed by atoms with E-state index in [9.17, 15) is 23.6 Å². The Balaban J connectivity index is 1.71. The van der Waals surface area contributed by atoms with Gasteiger partial charge in [-0.2, -0.15) is 4.39 Å². The molecular weight excluding hydrogens is 639 g/mol. The predicted molar refractivity (Wildman–Crippen MR) is 187 cm³/mol. The van der Waals surface area contributed by atoms with Crippen LogP contribution in [0.15, 0.2) is 134 Å². The van der Waals surface area contributed by atoms with Gasteiger partial charge in [0.2, 0.25) is 5.83 Å². The van der Waals surface area contributed by atoms with E-state index in [4.69, 9.17) is 18.9 Å². The lowest BCUT2D eigenvalue weighted by atomic mass is 10.0. The Morgan fingerprint density at radius 1 is 0.520 bits per heavy atom. The van der Waals surface area contributed by atoms with Crippen LogP contribution in [0.3, 0.4) is 0 Å². The maximum Gasteiger partial charge on any atom is 0.371 e. The standard InChI is InChI=1S/C41H31FO8/c1-24(2)38(43)47-33-18-14-30(15-19-33)29-11-8-28(9-12-29)10-13-32-22-37(50-40(45)26(5)6)35(23-36(32)49-39(44)25(3)4)31-16-20-34(21-17-31)48-41(46)27(7)42/h8-9,11-12,14-23H,1,3,5,7H2,2,4,6H3. The molecule has 50 heavy (non-hydrogen) atoms. The molecule has 0 unspecified atom stereocenters. The quantitative estimate of drug-likeness (QED) is 0.0719. The third-order valence-electron chi connectivity index (χ3n) is 6.75. The minimum Gasteiger partial charge on any atom is -0.423 e. The number of rotatable bonds is 10. The third-order valence-corrected chi connectivity index (χ3v) is 6.75. The van der Waals surface area contributed by atoms with Crippen molar-refractivity contribution in [2.45, 2.75) is 20.8 Å². The highest BCUT2D eigenvalue weighted by Gasteiger charge is 2.19. The van der Waals surface area contributed by atoms with E-state index in [0.717, 1.165) is 11.1 Å². The van der Waals surface area contributed by atoms with Gasteiger partial charge in [-0.05, 0) is 79.9 Å². The third kappa shape index (κ3) is 9.40. The number of benzene rings is 4. The predicted octanol–water partition coefficient (Wildman–Crippen LogP) is 8.25. The topological polar surface area (TPSA) is 105 Å². The Morgan fingerprint density at radius 3 is 1.42 bits per heavy atom. The summed E-state index contributed by atoms with van der Waals surface area (Å²) in [4.78, 5) is 48.7. The fourth-order valence-electron chi connectivity index (χ4n) is 4.09. The zero-order valence-corrected chi connectivity index (χ0v) is 27.6. The number of hydrogen-bond donors (Lipinski definition) is 0. The van der Waals surface area contributed by atoms with Crippen LogP contribution in [-0.4, -0.2) is 23.9 Å². The minimum atomic E-state index is -1.25. The van der Waals surface area contributed by atoms with E-state index < -0.39 is 29.7 Å². The molecule has 0 bridgehead atoms. The SMILES string of the molecule is C=C(C)C(=O)Oc1ccc(-c2ccc(C#Cc3cc(OC(=O)C(=C)C)c(-c4ccc(OC(=O)C(=C)F)cc4)cc3OC(=O)C(=C)C)cc2)cc1. The van der Waals surface area contributed by atoms with Crippen molar-refractivity contribution in [3.63, 3.8) is 0 Å². The smallest absolute Gasteiger partial charge is 0.371 e. The Labute approximate surface area is 288 Å². The monoisotopic (exact) mass is 670 g/mol. The molecule has 0 saturated carbocycles. The van der Waals surface area contributed by atoms with Crippen LogP contribution in [0.4, 0.5) is 4.39 Å². The maximum absolute atomic E-state index is 13.1. The van der Waals surface area contributed by atoms with Gasteiger partial charge >= 0.3 is 23.9 Å². The second kappa shape index (κ2) is 15.9. The number of halogens is 1. The molecule has 9 heteroatoms. The highest BCUT2D eigenvalue weighted by molar-refractivity contribution is 5.92. The average molecular weight is 671 g/mol. The summed E-state index contributed by atoms with van der Waals surface area (Å²) < 4.78 is 34.6. The van der Waals surface area contributed by atoms with Crippen molar-refractivity contribution < 1.29 is 42.5 Å². The van der Waals surface area contributed by atoms with Gasteiger partial charge in [-0.1, -0.05) is 74.6 Å². The average Bonchev–Trinajstić information content (AvgIpc) is 3.08. The molecule has 4 rings (SSSR count). The van der Waals surface area contributed by atoms with Gasteiger partial charge in [0.15, 0.2) is 0 Å². The lowest BCUT2D eigenvalue weighted by molar-refractivity contribution is -0.132. The second-order valence-electron chi connectivity index (χ2n) is 11.0. The largest absolute Gasteiger partial charge is 0.423 e. The second-order valence-corrected chi connectivity index (χ2v) is 11.0. The number of carbonyl (C=O) groups excluding carboxylic acids is 4. The van der Waals surface area contributed by atoms with Crippen molar-refractivity contribution in [1.29, 1.82) is 0 Å². The van der Waals surface area contributed by atoms with Gasteiger partial charge < -0.3 is 18.9 Å². The van der Waals surface area contributed by atoms with Crippen molar-refractivity contribution in [2.75, 3.05) is 0 Å². The van der Waals surface area contributed by atoms with Crippen molar-refractivity contribution >= 4 is 23.9 Å². The van der Waals surface area contributed by atoms with Crippen molar-refractivity contribution in [2.24, 2.45) is 0 Å². The molecule has 0 heterocycles. The Morgan fingerprint density at radius 2 is 0.940 bits per heavy atom. The van der Waals surface area contributed by atoms with Gasteiger partial charge in [0.1, 0.15) is 23.0 Å². The summed E-state index contributed by atoms with van der Waals surface area (Å²) >= 11 is 0. The van der Waals surface area contributed by atoms with Crippen LogP contribution in [0.5, 0.6) is 23.0 Å². The molecule has 0 radical (unpaired) electrons. The van der Waals surface area contributed by atoms with E-state index in [0.29, 0.717) is 28.0 Å². The van der Waals surface area contributed by atoms with E-state index in [-0.39, 0.29) is 34.0 Å². The molecule has 0 atom stereocenters. The van der Waals surface area contributed by atoms with Crippen LogP contribution >= 0.6 is 0 Å². The Hall–Kier alpha value is -6.79. The first kappa shape index (κ1) is 36.1. The van der Waals surface area contributed by atoms with Crippen LogP contribution < -0.4 is 18.9 Å².